The molecule has 240 valence electrons. The number of amides is 4. The van der Waals surface area contributed by atoms with Crippen molar-refractivity contribution in [2.24, 2.45) is 34.0 Å². The van der Waals surface area contributed by atoms with Crippen LogP contribution in [-0.4, -0.2) is 99.7 Å². The lowest BCUT2D eigenvalue weighted by molar-refractivity contribution is -0.143. The van der Waals surface area contributed by atoms with E-state index in [4.69, 9.17) is 22.3 Å². The zero-order valence-corrected chi connectivity index (χ0v) is 24.6. The summed E-state index contributed by atoms with van der Waals surface area (Å²) < 4.78 is 0. The third-order valence-electron chi connectivity index (χ3n) is 6.17. The predicted molar refractivity (Wildman–Crippen MR) is 151 cm³/mol. The third-order valence-corrected chi connectivity index (χ3v) is 6.17. The Balaban J connectivity index is 5.78. The molecule has 0 aliphatic carbocycles. The second kappa shape index (κ2) is 18.4. The van der Waals surface area contributed by atoms with E-state index in [0.717, 1.165) is 0 Å². The van der Waals surface area contributed by atoms with E-state index in [1.54, 1.807) is 27.7 Å². The van der Waals surface area contributed by atoms with Gasteiger partial charge < -0.3 is 53.8 Å². The molecular formula is C25H46N8O9. The van der Waals surface area contributed by atoms with E-state index in [9.17, 15) is 39.0 Å². The van der Waals surface area contributed by atoms with Crippen molar-refractivity contribution in [2.45, 2.75) is 96.6 Å². The van der Waals surface area contributed by atoms with Gasteiger partial charge in [0, 0.05) is 13.0 Å². The highest BCUT2D eigenvalue weighted by Gasteiger charge is 2.35. The van der Waals surface area contributed by atoms with Gasteiger partial charge in [-0.2, -0.15) is 0 Å². The molecule has 13 N–H and O–H groups in total. The molecule has 0 aliphatic rings. The highest BCUT2D eigenvalue weighted by atomic mass is 16.4. The van der Waals surface area contributed by atoms with Crippen LogP contribution in [0.25, 0.3) is 0 Å². The molecule has 6 atom stereocenters. The molecule has 0 spiro atoms. The molecule has 0 rings (SSSR count). The molecule has 4 amide bonds. The van der Waals surface area contributed by atoms with Gasteiger partial charge in [0.1, 0.15) is 24.2 Å². The molecule has 0 unspecified atom stereocenters. The van der Waals surface area contributed by atoms with Gasteiger partial charge in [-0.1, -0.05) is 27.7 Å². The second-order valence-corrected chi connectivity index (χ2v) is 10.6. The van der Waals surface area contributed by atoms with E-state index >= 15 is 0 Å². The average Bonchev–Trinajstić information content (AvgIpc) is 2.87. The lowest BCUT2D eigenvalue weighted by Crippen LogP contribution is -2.61. The molecule has 0 aromatic rings. The van der Waals surface area contributed by atoms with Crippen LogP contribution < -0.4 is 38.5 Å². The van der Waals surface area contributed by atoms with Crippen LogP contribution in [0.15, 0.2) is 4.99 Å². The van der Waals surface area contributed by atoms with E-state index < -0.39 is 90.6 Å². The molecule has 0 aliphatic heterocycles. The van der Waals surface area contributed by atoms with Crippen LogP contribution in [0.2, 0.25) is 0 Å². The average molecular weight is 603 g/mol. The largest absolute Gasteiger partial charge is 0.481 e. The van der Waals surface area contributed by atoms with Crippen molar-refractivity contribution in [2.75, 3.05) is 6.54 Å². The number of nitrogens with two attached hydrogens (primary N) is 3. The van der Waals surface area contributed by atoms with Gasteiger partial charge in [-0.15, -0.1) is 0 Å². The minimum atomic E-state index is -1.58. The maximum absolute atomic E-state index is 13.2. The zero-order chi connectivity index (χ0) is 32.7. The Labute approximate surface area is 244 Å². The van der Waals surface area contributed by atoms with Crippen LogP contribution in [0.4, 0.5) is 0 Å². The SMILES string of the molecule is CC(C)[C@H](N)C(=O)N[C@@H](CCCN=C(N)N)C(=O)N[C@H](C(=O)N[C@H](C(=O)N[C@@H](CCC(=O)O)C(=O)O)C(C)C)[C@@H](C)O. The molecule has 17 heteroatoms. The highest BCUT2D eigenvalue weighted by Crippen LogP contribution is 2.08. The van der Waals surface area contributed by atoms with Gasteiger partial charge >= 0.3 is 11.9 Å². The molecule has 0 aromatic carbocycles. The standard InChI is InChI=1S/C25H46N8O9/c1-11(2)17(26)21(38)30-14(7-6-10-29-25(27)28)20(37)33-19(13(5)34)23(40)32-18(12(3)4)22(39)31-15(24(41)42)8-9-16(35)36/h11-15,17-19,34H,6-10,26H2,1-5H3,(H,30,38)(H,31,39)(H,32,40)(H,33,37)(H,35,36)(H,41,42)(H4,27,28,29)/t13-,14+,15+,17+,18+,19+/m1/s1. The number of aliphatic imine (C=N–C) groups is 1. The van der Waals surface area contributed by atoms with Crippen molar-refractivity contribution in [1.82, 2.24) is 21.3 Å². The summed E-state index contributed by atoms with van der Waals surface area (Å²) in [4.78, 5) is 77.9. The van der Waals surface area contributed by atoms with Gasteiger partial charge in [0.2, 0.25) is 23.6 Å². The summed E-state index contributed by atoms with van der Waals surface area (Å²) in [7, 11) is 0. The van der Waals surface area contributed by atoms with E-state index in [0.29, 0.717) is 0 Å². The lowest BCUT2D eigenvalue weighted by Gasteiger charge is -2.29. The van der Waals surface area contributed by atoms with Crippen molar-refractivity contribution >= 4 is 41.5 Å². The fraction of sp³-hybridized carbons (Fsp3) is 0.720. The summed E-state index contributed by atoms with van der Waals surface area (Å²) in [5.74, 6) is -6.99. The summed E-state index contributed by atoms with van der Waals surface area (Å²) in [6.45, 7) is 7.94. The number of aliphatic hydroxyl groups is 1. The summed E-state index contributed by atoms with van der Waals surface area (Å²) in [5, 5.41) is 38.0. The second-order valence-electron chi connectivity index (χ2n) is 10.6. The highest BCUT2D eigenvalue weighted by molar-refractivity contribution is 5.95. The lowest BCUT2D eigenvalue weighted by atomic mass is 10.0. The fourth-order valence-electron chi connectivity index (χ4n) is 3.57. The van der Waals surface area contributed by atoms with Crippen LogP contribution >= 0.6 is 0 Å². The van der Waals surface area contributed by atoms with Crippen molar-refractivity contribution in [3.8, 4) is 0 Å². The predicted octanol–water partition coefficient (Wildman–Crippen LogP) is -3.05. The number of aliphatic hydroxyl groups excluding tert-OH is 1. The first-order chi connectivity index (χ1) is 19.4. The number of carboxylic acids is 2. The Kier molecular flexibility index (Phi) is 16.7. The van der Waals surface area contributed by atoms with Crippen molar-refractivity contribution in [3.05, 3.63) is 0 Å². The van der Waals surface area contributed by atoms with E-state index in [1.165, 1.54) is 6.92 Å². The smallest absolute Gasteiger partial charge is 0.326 e. The molecule has 0 bridgehead atoms. The monoisotopic (exact) mass is 602 g/mol. The molecule has 0 radical (unpaired) electrons. The minimum Gasteiger partial charge on any atom is -0.481 e. The number of guanidine groups is 1. The molecule has 0 fully saturated rings. The van der Waals surface area contributed by atoms with Crippen LogP contribution in [0, 0.1) is 11.8 Å². The summed E-state index contributed by atoms with van der Waals surface area (Å²) >= 11 is 0. The first-order valence-corrected chi connectivity index (χ1v) is 13.5. The first kappa shape index (κ1) is 38.0. The number of carbonyl (C=O) groups excluding carboxylic acids is 4. The molecule has 42 heavy (non-hydrogen) atoms. The number of nitrogens with zero attached hydrogens (tertiary/aromatic N) is 1. The van der Waals surface area contributed by atoms with Crippen LogP contribution in [0.3, 0.4) is 0 Å². The summed E-state index contributed by atoms with van der Waals surface area (Å²) in [6.07, 6.45) is -2.04. The van der Waals surface area contributed by atoms with E-state index in [-0.39, 0.29) is 31.3 Å². The number of hydrogen-bond donors (Lipinski definition) is 10. The maximum Gasteiger partial charge on any atom is 0.326 e. The van der Waals surface area contributed by atoms with E-state index in [1.807, 2.05) is 0 Å². The van der Waals surface area contributed by atoms with Crippen LogP contribution in [0.1, 0.15) is 60.3 Å². The van der Waals surface area contributed by atoms with Gasteiger partial charge in [-0.25, -0.2) is 4.79 Å². The van der Waals surface area contributed by atoms with Gasteiger partial charge in [0.25, 0.3) is 0 Å². The molecule has 0 saturated carbocycles. The van der Waals surface area contributed by atoms with Crippen molar-refractivity contribution < 1.29 is 44.1 Å². The minimum absolute atomic E-state index is 0.0528. The normalized spacial score (nSPS) is 15.4. The first-order valence-electron chi connectivity index (χ1n) is 13.5. The Morgan fingerprint density at radius 2 is 1.24 bits per heavy atom. The van der Waals surface area contributed by atoms with Gasteiger partial charge in [0.15, 0.2) is 5.96 Å². The van der Waals surface area contributed by atoms with Crippen LogP contribution in [-0.2, 0) is 28.8 Å². The number of nitrogens with one attached hydrogen (secondary N) is 4. The summed E-state index contributed by atoms with van der Waals surface area (Å²) in [6, 6.07) is -6.52. The van der Waals surface area contributed by atoms with E-state index in [2.05, 4.69) is 26.3 Å². The molecule has 0 saturated heterocycles. The quantitative estimate of drug-likeness (QED) is 0.0400. The molecular weight excluding hydrogens is 556 g/mol. The summed E-state index contributed by atoms with van der Waals surface area (Å²) in [5.41, 5.74) is 16.5. The Hall–Kier alpha value is -3.99. The zero-order valence-electron chi connectivity index (χ0n) is 24.6. The number of carboxylic acid groups (broad SMARTS) is 2. The van der Waals surface area contributed by atoms with Crippen LogP contribution in [0.5, 0.6) is 0 Å². The fourth-order valence-corrected chi connectivity index (χ4v) is 3.57. The Morgan fingerprint density at radius 1 is 0.714 bits per heavy atom. The van der Waals surface area contributed by atoms with Crippen molar-refractivity contribution in [1.29, 1.82) is 0 Å². The van der Waals surface area contributed by atoms with Crippen molar-refractivity contribution in [3.63, 3.8) is 0 Å². The number of rotatable bonds is 19. The topological polar surface area (TPSA) is 302 Å². The molecule has 0 heterocycles. The van der Waals surface area contributed by atoms with Gasteiger partial charge in [-0.05, 0) is 38.0 Å². The number of carbonyl (C=O) groups is 6. The van der Waals surface area contributed by atoms with Gasteiger partial charge in [-0.3, -0.25) is 29.0 Å². The number of aliphatic carboxylic acids is 2. The number of hydrogen-bond acceptors (Lipinski definition) is 9. The van der Waals surface area contributed by atoms with Gasteiger partial charge in [0.05, 0.1) is 12.1 Å². The Bertz CT molecular complexity index is 983. The third kappa shape index (κ3) is 14.1. The maximum atomic E-state index is 13.2. The molecule has 17 nitrogen and oxygen atoms in total. The molecule has 0 aromatic heterocycles. The Morgan fingerprint density at radius 3 is 1.69 bits per heavy atom.